The van der Waals surface area contributed by atoms with Crippen molar-refractivity contribution in [2.45, 2.75) is 33.2 Å². The first kappa shape index (κ1) is 13.6. The lowest BCUT2D eigenvalue weighted by molar-refractivity contribution is 0.381. The van der Waals surface area contributed by atoms with Crippen molar-refractivity contribution in [2.24, 2.45) is 5.92 Å². The Morgan fingerprint density at radius 3 is 3.18 bits per heavy atom. The van der Waals surface area contributed by atoms with Crippen LogP contribution in [0.2, 0.25) is 0 Å². The van der Waals surface area contributed by atoms with Gasteiger partial charge in [-0.15, -0.1) is 21.5 Å². The van der Waals surface area contributed by atoms with E-state index in [0.29, 0.717) is 5.92 Å². The van der Waals surface area contributed by atoms with Gasteiger partial charge in [0.05, 0.1) is 5.39 Å². The highest BCUT2D eigenvalue weighted by atomic mass is 32.1. The Balaban J connectivity index is 1.53. The summed E-state index contributed by atoms with van der Waals surface area (Å²) in [7, 11) is 0. The zero-order chi connectivity index (χ0) is 15.1. The molecule has 22 heavy (non-hydrogen) atoms. The van der Waals surface area contributed by atoms with Crippen LogP contribution >= 0.6 is 11.3 Å². The molecule has 0 radical (unpaired) electrons. The van der Waals surface area contributed by atoms with Gasteiger partial charge in [0.25, 0.3) is 0 Å². The zero-order valence-electron chi connectivity index (χ0n) is 12.7. The monoisotopic (exact) mass is 314 g/mol. The average Bonchev–Trinajstić information content (AvgIpc) is 3.10. The molecule has 0 aliphatic carbocycles. The Labute approximate surface area is 132 Å². The van der Waals surface area contributed by atoms with Crippen molar-refractivity contribution >= 4 is 27.4 Å². The molecule has 0 fully saturated rings. The van der Waals surface area contributed by atoms with Crippen molar-refractivity contribution in [1.82, 2.24) is 24.7 Å². The molecular weight excluding hydrogens is 296 g/mol. The molecule has 114 valence electrons. The molecule has 0 spiro atoms. The molecule has 1 atom stereocenters. The van der Waals surface area contributed by atoms with Crippen LogP contribution in [0.5, 0.6) is 0 Å². The third-order valence-corrected chi connectivity index (χ3v) is 5.57. The Kier molecular flexibility index (Phi) is 3.29. The van der Waals surface area contributed by atoms with Crippen LogP contribution in [-0.2, 0) is 13.0 Å². The summed E-state index contributed by atoms with van der Waals surface area (Å²) in [5, 5.41) is 12.8. The topological polar surface area (TPSA) is 68.5 Å². The molecule has 3 aromatic heterocycles. The quantitative estimate of drug-likeness (QED) is 0.804. The maximum Gasteiger partial charge on any atom is 0.138 e. The molecule has 4 heterocycles. The van der Waals surface area contributed by atoms with E-state index in [1.54, 1.807) is 17.7 Å². The van der Waals surface area contributed by atoms with E-state index in [1.165, 1.54) is 15.8 Å². The number of thiophene rings is 1. The fourth-order valence-electron chi connectivity index (χ4n) is 3.05. The van der Waals surface area contributed by atoms with Crippen molar-refractivity contribution < 1.29 is 0 Å². The highest BCUT2D eigenvalue weighted by Crippen LogP contribution is 2.32. The second-order valence-corrected chi connectivity index (χ2v) is 7.07. The molecule has 0 amide bonds. The van der Waals surface area contributed by atoms with E-state index in [2.05, 4.69) is 43.9 Å². The highest BCUT2D eigenvalue weighted by molar-refractivity contribution is 7.18. The van der Waals surface area contributed by atoms with Crippen molar-refractivity contribution in [1.29, 1.82) is 0 Å². The van der Waals surface area contributed by atoms with E-state index in [4.69, 9.17) is 0 Å². The van der Waals surface area contributed by atoms with Crippen molar-refractivity contribution in [3.05, 3.63) is 28.9 Å². The number of nitrogens with zero attached hydrogens (tertiary/aromatic N) is 5. The smallest absolute Gasteiger partial charge is 0.138 e. The Bertz CT molecular complexity index is 821. The van der Waals surface area contributed by atoms with Gasteiger partial charge in [0.2, 0.25) is 0 Å². The number of aromatic nitrogens is 5. The van der Waals surface area contributed by atoms with E-state index in [-0.39, 0.29) is 0 Å². The second kappa shape index (κ2) is 5.31. The van der Waals surface area contributed by atoms with E-state index >= 15 is 0 Å². The SMILES string of the molecule is Cc1sc2ncnc(NCC3CCc4nncn4C3)c2c1C. The molecule has 0 saturated carbocycles. The van der Waals surface area contributed by atoms with Gasteiger partial charge in [0, 0.05) is 24.4 Å². The summed E-state index contributed by atoms with van der Waals surface area (Å²) in [6.07, 6.45) is 5.62. The zero-order valence-corrected chi connectivity index (χ0v) is 13.5. The van der Waals surface area contributed by atoms with E-state index in [9.17, 15) is 0 Å². The molecule has 3 aromatic rings. The lowest BCUT2D eigenvalue weighted by atomic mass is 9.99. The number of aryl methyl sites for hydroxylation is 3. The van der Waals surface area contributed by atoms with Gasteiger partial charge in [-0.3, -0.25) is 0 Å². The van der Waals surface area contributed by atoms with Crippen LogP contribution in [-0.4, -0.2) is 31.3 Å². The summed E-state index contributed by atoms with van der Waals surface area (Å²) in [5.74, 6) is 2.64. The Hall–Kier alpha value is -2.02. The van der Waals surface area contributed by atoms with Gasteiger partial charge in [-0.2, -0.15) is 0 Å². The summed E-state index contributed by atoms with van der Waals surface area (Å²) < 4.78 is 2.16. The fraction of sp³-hybridized carbons (Fsp3) is 0.467. The minimum absolute atomic E-state index is 0.577. The number of nitrogens with one attached hydrogen (secondary N) is 1. The Morgan fingerprint density at radius 2 is 2.27 bits per heavy atom. The van der Waals surface area contributed by atoms with Gasteiger partial charge in [-0.1, -0.05) is 0 Å². The molecule has 1 aliphatic rings. The summed E-state index contributed by atoms with van der Waals surface area (Å²) in [6, 6.07) is 0. The third-order valence-electron chi connectivity index (χ3n) is 4.45. The number of rotatable bonds is 3. The van der Waals surface area contributed by atoms with Crippen LogP contribution in [0.25, 0.3) is 10.2 Å². The summed E-state index contributed by atoms with van der Waals surface area (Å²) in [6.45, 7) is 6.18. The van der Waals surface area contributed by atoms with Gasteiger partial charge < -0.3 is 9.88 Å². The Morgan fingerprint density at radius 1 is 1.36 bits per heavy atom. The fourth-order valence-corrected chi connectivity index (χ4v) is 4.05. The minimum Gasteiger partial charge on any atom is -0.369 e. The number of hydrogen-bond acceptors (Lipinski definition) is 6. The molecule has 1 aliphatic heterocycles. The van der Waals surface area contributed by atoms with Crippen LogP contribution in [0.1, 0.15) is 22.7 Å². The maximum atomic E-state index is 4.45. The van der Waals surface area contributed by atoms with Gasteiger partial charge in [0.1, 0.15) is 29.1 Å². The molecular formula is C15H18N6S. The number of anilines is 1. The van der Waals surface area contributed by atoms with Crippen molar-refractivity contribution in [3.8, 4) is 0 Å². The van der Waals surface area contributed by atoms with Gasteiger partial charge >= 0.3 is 0 Å². The van der Waals surface area contributed by atoms with E-state index in [1.807, 2.05) is 6.33 Å². The van der Waals surface area contributed by atoms with Crippen LogP contribution in [0.4, 0.5) is 5.82 Å². The van der Waals surface area contributed by atoms with Crippen molar-refractivity contribution in [2.75, 3.05) is 11.9 Å². The number of hydrogen-bond donors (Lipinski definition) is 1. The average molecular weight is 314 g/mol. The first-order chi connectivity index (χ1) is 10.7. The molecule has 1 unspecified atom stereocenters. The first-order valence-corrected chi connectivity index (χ1v) is 8.35. The predicted molar refractivity (Wildman–Crippen MR) is 87.2 cm³/mol. The predicted octanol–water partition coefficient (Wildman–Crippen LogP) is 2.57. The molecule has 0 saturated heterocycles. The minimum atomic E-state index is 0.577. The first-order valence-electron chi connectivity index (χ1n) is 7.53. The number of fused-ring (bicyclic) bond motifs is 2. The molecule has 1 N–H and O–H groups in total. The van der Waals surface area contributed by atoms with E-state index < -0.39 is 0 Å². The van der Waals surface area contributed by atoms with Crippen LogP contribution in [0.3, 0.4) is 0 Å². The van der Waals surface area contributed by atoms with Crippen molar-refractivity contribution in [3.63, 3.8) is 0 Å². The third kappa shape index (κ3) is 2.25. The second-order valence-electron chi connectivity index (χ2n) is 5.87. The lowest BCUT2D eigenvalue weighted by Crippen LogP contribution is -2.26. The molecule has 4 rings (SSSR count). The molecule has 0 aromatic carbocycles. The van der Waals surface area contributed by atoms with Crippen LogP contribution in [0.15, 0.2) is 12.7 Å². The largest absolute Gasteiger partial charge is 0.369 e. The van der Waals surface area contributed by atoms with Gasteiger partial charge in [-0.25, -0.2) is 9.97 Å². The van der Waals surface area contributed by atoms with Crippen LogP contribution < -0.4 is 5.32 Å². The standard InChI is InChI=1S/C15H18N6S/c1-9-10(2)22-15-13(9)14(17-7-18-15)16-5-11-3-4-12-20-19-8-21(12)6-11/h7-8,11H,3-6H2,1-2H3,(H,16,17,18). The van der Waals surface area contributed by atoms with Gasteiger partial charge in [0.15, 0.2) is 0 Å². The summed E-state index contributed by atoms with van der Waals surface area (Å²) in [4.78, 5) is 11.2. The lowest BCUT2D eigenvalue weighted by Gasteiger charge is -2.23. The molecule has 7 heteroatoms. The van der Waals surface area contributed by atoms with E-state index in [0.717, 1.165) is 42.4 Å². The normalized spacial score (nSPS) is 17.6. The summed E-state index contributed by atoms with van der Waals surface area (Å²) >= 11 is 1.73. The highest BCUT2D eigenvalue weighted by Gasteiger charge is 2.20. The molecule has 6 nitrogen and oxygen atoms in total. The van der Waals surface area contributed by atoms with Crippen LogP contribution in [0, 0.1) is 19.8 Å². The van der Waals surface area contributed by atoms with Gasteiger partial charge in [-0.05, 0) is 31.7 Å². The maximum absolute atomic E-state index is 4.45. The summed E-state index contributed by atoms with van der Waals surface area (Å²) in [5.41, 5.74) is 1.29. The molecule has 0 bridgehead atoms.